The lowest BCUT2D eigenvalue weighted by Crippen LogP contribution is -2.26. The number of nitrogens with one attached hydrogen (secondary N) is 1. The Hall–Kier alpha value is -2.20. The van der Waals surface area contributed by atoms with Gasteiger partial charge in [-0.2, -0.15) is 14.0 Å². The maximum Gasteiger partial charge on any atom is 0.318 e. The highest BCUT2D eigenvalue weighted by molar-refractivity contribution is 6.01. The molecule has 108 valence electrons. The number of rotatable bonds is 7. The Morgan fingerprint density at radius 2 is 2.40 bits per heavy atom. The molecule has 0 unspecified atom stereocenters. The highest BCUT2D eigenvalue weighted by Crippen LogP contribution is 2.17. The quantitative estimate of drug-likeness (QED) is 0.472. The van der Waals surface area contributed by atoms with Crippen molar-refractivity contribution in [3.8, 4) is 6.07 Å². The molecule has 1 N–H and O–H groups in total. The highest BCUT2D eigenvalue weighted by Gasteiger charge is 2.12. The van der Waals surface area contributed by atoms with Crippen LogP contribution < -0.4 is 5.32 Å². The topological polar surface area (TPSA) is 67.0 Å². The molecule has 1 aromatic heterocycles. The van der Waals surface area contributed by atoms with Crippen LogP contribution in [-0.4, -0.2) is 30.7 Å². The zero-order chi connectivity index (χ0) is 15.0. The predicted octanol–water partition coefficient (Wildman–Crippen LogP) is 1.94. The van der Waals surface area contributed by atoms with Crippen molar-refractivity contribution in [2.75, 3.05) is 20.3 Å². The van der Waals surface area contributed by atoms with Crippen LogP contribution in [0.15, 0.2) is 23.9 Å². The number of amides is 1. The van der Waals surface area contributed by atoms with Crippen LogP contribution in [0.3, 0.4) is 0 Å². The number of aromatic nitrogens is 1. The summed E-state index contributed by atoms with van der Waals surface area (Å²) >= 11 is 0. The highest BCUT2D eigenvalue weighted by atomic mass is 19.3. The van der Waals surface area contributed by atoms with Gasteiger partial charge in [-0.15, -0.1) is 0 Å². The van der Waals surface area contributed by atoms with Crippen molar-refractivity contribution >= 4 is 12.0 Å². The Morgan fingerprint density at radius 1 is 1.65 bits per heavy atom. The first-order valence-corrected chi connectivity index (χ1v) is 5.94. The van der Waals surface area contributed by atoms with Crippen molar-refractivity contribution in [1.29, 1.82) is 5.26 Å². The minimum absolute atomic E-state index is 0.101. The van der Waals surface area contributed by atoms with Gasteiger partial charge in [0.25, 0.3) is 5.91 Å². The minimum Gasteiger partial charge on any atom is -0.385 e. The number of nitrogens with zero attached hydrogens (tertiary/aromatic N) is 2. The zero-order valence-electron chi connectivity index (χ0n) is 11.0. The SMILES string of the molecule is COCCCNC(=O)C(C#N)=Cc1cccn1C(F)F. The van der Waals surface area contributed by atoms with Gasteiger partial charge in [0.2, 0.25) is 0 Å². The van der Waals surface area contributed by atoms with Crippen molar-refractivity contribution in [3.05, 3.63) is 29.6 Å². The first-order chi connectivity index (χ1) is 9.60. The molecule has 0 saturated heterocycles. The summed E-state index contributed by atoms with van der Waals surface area (Å²) in [4.78, 5) is 11.7. The summed E-state index contributed by atoms with van der Waals surface area (Å²) in [5.74, 6) is -0.592. The van der Waals surface area contributed by atoms with Gasteiger partial charge < -0.3 is 10.1 Å². The van der Waals surface area contributed by atoms with E-state index in [0.717, 1.165) is 6.08 Å². The monoisotopic (exact) mass is 283 g/mol. The molecule has 20 heavy (non-hydrogen) atoms. The third kappa shape index (κ3) is 4.48. The van der Waals surface area contributed by atoms with Gasteiger partial charge in [0, 0.05) is 32.2 Å². The zero-order valence-corrected chi connectivity index (χ0v) is 11.0. The minimum atomic E-state index is -2.72. The van der Waals surface area contributed by atoms with Crippen LogP contribution in [-0.2, 0) is 9.53 Å². The molecule has 0 fully saturated rings. The number of nitriles is 1. The van der Waals surface area contributed by atoms with Crippen LogP contribution in [0.2, 0.25) is 0 Å². The van der Waals surface area contributed by atoms with Crippen molar-refractivity contribution in [2.24, 2.45) is 0 Å². The number of carbonyl (C=O) groups is 1. The summed E-state index contributed by atoms with van der Waals surface area (Å²) in [5, 5.41) is 11.5. The smallest absolute Gasteiger partial charge is 0.318 e. The molecule has 1 aromatic rings. The Morgan fingerprint density at radius 3 is 3.00 bits per heavy atom. The first kappa shape index (κ1) is 15.9. The van der Waals surface area contributed by atoms with E-state index in [1.165, 1.54) is 18.3 Å². The number of halogens is 2. The van der Waals surface area contributed by atoms with Gasteiger partial charge in [-0.3, -0.25) is 9.36 Å². The normalized spacial score (nSPS) is 11.4. The molecule has 0 bridgehead atoms. The number of methoxy groups -OCH3 is 1. The third-order valence-corrected chi connectivity index (χ3v) is 2.49. The van der Waals surface area contributed by atoms with E-state index in [0.29, 0.717) is 24.1 Å². The fraction of sp³-hybridized carbons (Fsp3) is 0.385. The van der Waals surface area contributed by atoms with Crippen LogP contribution in [0.25, 0.3) is 6.08 Å². The van der Waals surface area contributed by atoms with Crippen LogP contribution in [0, 0.1) is 11.3 Å². The number of hydrogen-bond acceptors (Lipinski definition) is 3. The maximum absolute atomic E-state index is 12.6. The number of alkyl halides is 2. The fourth-order valence-corrected chi connectivity index (χ4v) is 1.52. The van der Waals surface area contributed by atoms with Crippen molar-refractivity contribution in [1.82, 2.24) is 9.88 Å². The Bertz CT molecular complexity index is 518. The molecule has 0 atom stereocenters. The predicted molar refractivity (Wildman–Crippen MR) is 68.8 cm³/mol. The summed E-state index contributed by atoms with van der Waals surface area (Å²) in [5.41, 5.74) is -0.119. The molecule has 0 spiro atoms. The lowest BCUT2D eigenvalue weighted by atomic mass is 10.2. The largest absolute Gasteiger partial charge is 0.385 e. The summed E-state index contributed by atoms with van der Waals surface area (Å²) in [6.45, 7) is -1.89. The van der Waals surface area contributed by atoms with Crippen LogP contribution in [0.1, 0.15) is 18.7 Å². The molecule has 0 aromatic carbocycles. The average Bonchev–Trinajstić information content (AvgIpc) is 2.89. The molecule has 7 heteroatoms. The van der Waals surface area contributed by atoms with Crippen molar-refractivity contribution in [3.63, 3.8) is 0 Å². The van der Waals surface area contributed by atoms with E-state index < -0.39 is 12.5 Å². The van der Waals surface area contributed by atoms with Crippen molar-refractivity contribution in [2.45, 2.75) is 13.0 Å². The summed E-state index contributed by atoms with van der Waals surface area (Å²) in [6.07, 6.45) is 2.92. The number of hydrogen-bond donors (Lipinski definition) is 1. The lowest BCUT2D eigenvalue weighted by Gasteiger charge is -2.06. The molecule has 1 rings (SSSR count). The van der Waals surface area contributed by atoms with Crippen LogP contribution in [0.5, 0.6) is 0 Å². The molecular formula is C13H15F2N3O2. The summed E-state index contributed by atoms with van der Waals surface area (Å²) in [6, 6.07) is 4.53. The first-order valence-electron chi connectivity index (χ1n) is 5.94. The molecule has 1 amide bonds. The molecule has 0 radical (unpaired) electrons. The maximum atomic E-state index is 12.6. The summed E-state index contributed by atoms with van der Waals surface area (Å²) in [7, 11) is 1.54. The van der Waals surface area contributed by atoms with Gasteiger partial charge in [0.1, 0.15) is 11.6 Å². The van der Waals surface area contributed by atoms with Gasteiger partial charge >= 0.3 is 6.55 Å². The Balaban J connectivity index is 2.74. The van der Waals surface area contributed by atoms with Gasteiger partial charge in [-0.05, 0) is 24.6 Å². The molecule has 0 aliphatic carbocycles. The molecule has 0 aliphatic heterocycles. The molecule has 1 heterocycles. The number of ether oxygens (including phenoxy) is 1. The van der Waals surface area contributed by atoms with E-state index in [2.05, 4.69) is 5.32 Å². The second kappa shape index (κ2) is 8.07. The summed E-state index contributed by atoms with van der Waals surface area (Å²) < 4.78 is 30.8. The van der Waals surface area contributed by atoms with E-state index in [1.54, 1.807) is 13.2 Å². The van der Waals surface area contributed by atoms with E-state index in [4.69, 9.17) is 10.00 Å². The molecule has 0 aliphatic rings. The lowest BCUT2D eigenvalue weighted by molar-refractivity contribution is -0.117. The Labute approximate surface area is 115 Å². The van der Waals surface area contributed by atoms with Gasteiger partial charge in [0.15, 0.2) is 0 Å². The van der Waals surface area contributed by atoms with Crippen LogP contribution in [0.4, 0.5) is 8.78 Å². The number of carbonyl (C=O) groups excluding carboxylic acids is 1. The van der Waals surface area contributed by atoms with E-state index in [9.17, 15) is 13.6 Å². The van der Waals surface area contributed by atoms with Gasteiger partial charge in [-0.25, -0.2) is 0 Å². The molecule has 0 saturated carbocycles. The van der Waals surface area contributed by atoms with E-state index >= 15 is 0 Å². The fourth-order valence-electron chi connectivity index (χ4n) is 1.52. The average molecular weight is 283 g/mol. The molecule has 5 nitrogen and oxygen atoms in total. The van der Waals surface area contributed by atoms with Gasteiger partial charge in [-0.1, -0.05) is 0 Å². The standard InChI is InChI=1S/C13H15F2N3O2/c1-20-7-3-5-17-12(19)10(9-16)8-11-4-2-6-18(11)13(14)15/h2,4,6,8,13H,3,5,7H2,1H3,(H,17,19). The van der Waals surface area contributed by atoms with E-state index in [-0.39, 0.29) is 11.3 Å². The molecular weight excluding hydrogens is 268 g/mol. The van der Waals surface area contributed by atoms with E-state index in [1.807, 2.05) is 0 Å². The second-order valence-electron chi connectivity index (χ2n) is 3.89. The van der Waals surface area contributed by atoms with Crippen molar-refractivity contribution < 1.29 is 18.3 Å². The third-order valence-electron chi connectivity index (χ3n) is 2.49. The Kier molecular flexibility index (Phi) is 6.40. The second-order valence-corrected chi connectivity index (χ2v) is 3.89. The van der Waals surface area contributed by atoms with Crippen LogP contribution >= 0.6 is 0 Å². The van der Waals surface area contributed by atoms with Gasteiger partial charge in [0.05, 0.1) is 0 Å².